The van der Waals surface area contributed by atoms with Crippen LogP contribution in [0.4, 0.5) is 11.5 Å². The van der Waals surface area contributed by atoms with Gasteiger partial charge in [0.05, 0.1) is 5.92 Å². The molecule has 0 unspecified atom stereocenters. The Kier molecular flexibility index (Phi) is 5.57. The number of rotatable bonds is 4. The molecule has 1 aromatic heterocycles. The van der Waals surface area contributed by atoms with E-state index in [9.17, 15) is 14.4 Å². The lowest BCUT2D eigenvalue weighted by Crippen LogP contribution is -2.44. The maximum Gasteiger partial charge on any atom is 0.228 e. The Balaban J connectivity index is 1.30. The number of benzene rings is 1. The fourth-order valence-corrected chi connectivity index (χ4v) is 4.12. The minimum Gasteiger partial charge on any atom is -0.360 e. The predicted molar refractivity (Wildman–Crippen MR) is 111 cm³/mol. The first kappa shape index (κ1) is 20.1. The third kappa shape index (κ3) is 4.22. The van der Waals surface area contributed by atoms with Crippen molar-refractivity contribution in [2.75, 3.05) is 29.9 Å². The number of amides is 3. The minimum atomic E-state index is -0.331. The lowest BCUT2D eigenvalue weighted by atomic mass is 9.94. The molecule has 2 saturated heterocycles. The molecule has 0 bridgehead atoms. The van der Waals surface area contributed by atoms with Crippen LogP contribution in [0, 0.1) is 25.7 Å². The van der Waals surface area contributed by atoms with E-state index in [-0.39, 0.29) is 36.0 Å². The van der Waals surface area contributed by atoms with E-state index in [4.69, 9.17) is 4.52 Å². The van der Waals surface area contributed by atoms with Crippen LogP contribution >= 0.6 is 0 Å². The Labute approximate surface area is 175 Å². The van der Waals surface area contributed by atoms with E-state index in [1.165, 1.54) is 0 Å². The topological polar surface area (TPSA) is 95.8 Å². The van der Waals surface area contributed by atoms with Gasteiger partial charge in [-0.25, -0.2) is 0 Å². The second-order valence-corrected chi connectivity index (χ2v) is 8.15. The van der Waals surface area contributed by atoms with Crippen molar-refractivity contribution >= 4 is 29.2 Å². The second-order valence-electron chi connectivity index (χ2n) is 8.15. The molecule has 2 fully saturated rings. The summed E-state index contributed by atoms with van der Waals surface area (Å²) in [6.45, 7) is 5.21. The number of hydrogen-bond donors (Lipinski definition) is 1. The number of aryl methyl sites for hydroxylation is 2. The van der Waals surface area contributed by atoms with Crippen molar-refractivity contribution in [2.24, 2.45) is 11.8 Å². The SMILES string of the molecule is Cc1ccc(N2C[C@@H](C(=O)N3CCC(C(=O)Nc4cc(C)on4)CC3)CC2=O)cc1. The molecule has 0 spiro atoms. The lowest BCUT2D eigenvalue weighted by Gasteiger charge is -2.32. The van der Waals surface area contributed by atoms with Crippen molar-refractivity contribution in [3.63, 3.8) is 0 Å². The summed E-state index contributed by atoms with van der Waals surface area (Å²) in [4.78, 5) is 41.4. The fraction of sp³-hybridized carbons (Fsp3) is 0.455. The summed E-state index contributed by atoms with van der Waals surface area (Å²) in [7, 11) is 0. The van der Waals surface area contributed by atoms with Crippen LogP contribution in [-0.4, -0.2) is 47.4 Å². The number of nitrogens with zero attached hydrogens (tertiary/aromatic N) is 3. The third-order valence-corrected chi connectivity index (χ3v) is 5.88. The van der Waals surface area contributed by atoms with Crippen molar-refractivity contribution in [2.45, 2.75) is 33.1 Å². The first-order valence-electron chi connectivity index (χ1n) is 10.3. The molecular formula is C22H26N4O4. The number of carbonyl (C=O) groups is 3. The Morgan fingerprint density at radius 3 is 2.43 bits per heavy atom. The van der Waals surface area contributed by atoms with Gasteiger partial charge in [0, 0.05) is 43.7 Å². The monoisotopic (exact) mass is 410 g/mol. The third-order valence-electron chi connectivity index (χ3n) is 5.88. The Bertz CT molecular complexity index is 944. The molecule has 30 heavy (non-hydrogen) atoms. The van der Waals surface area contributed by atoms with E-state index in [1.54, 1.807) is 22.8 Å². The zero-order valence-corrected chi connectivity index (χ0v) is 17.3. The van der Waals surface area contributed by atoms with Crippen LogP contribution in [0.25, 0.3) is 0 Å². The van der Waals surface area contributed by atoms with Gasteiger partial charge in [0.15, 0.2) is 5.82 Å². The Hall–Kier alpha value is -3.16. The van der Waals surface area contributed by atoms with E-state index in [1.807, 2.05) is 31.2 Å². The second kappa shape index (κ2) is 8.30. The molecule has 3 heterocycles. The van der Waals surface area contributed by atoms with Crippen molar-refractivity contribution in [1.82, 2.24) is 10.1 Å². The molecule has 1 aromatic carbocycles. The number of likely N-dealkylation sites (tertiary alicyclic amines) is 1. The number of hydrogen-bond acceptors (Lipinski definition) is 5. The maximum absolute atomic E-state index is 13.0. The average molecular weight is 410 g/mol. The van der Waals surface area contributed by atoms with E-state index in [0.717, 1.165) is 11.3 Å². The molecule has 2 aliphatic heterocycles. The number of anilines is 2. The lowest BCUT2D eigenvalue weighted by molar-refractivity contribution is -0.138. The molecule has 0 radical (unpaired) electrons. The van der Waals surface area contributed by atoms with Crippen LogP contribution in [0.2, 0.25) is 0 Å². The standard InChI is InChI=1S/C22H26N4O4/c1-14-3-5-18(6-4-14)26-13-17(12-20(26)27)22(29)25-9-7-16(8-10-25)21(28)23-19-11-15(2)30-24-19/h3-6,11,16-17H,7-10,12-13H2,1-2H3,(H,23,24,28)/t17-/m0/s1. The Morgan fingerprint density at radius 1 is 1.10 bits per heavy atom. The molecule has 8 nitrogen and oxygen atoms in total. The summed E-state index contributed by atoms with van der Waals surface area (Å²) in [5.74, 6) is 0.436. The van der Waals surface area contributed by atoms with Gasteiger partial charge in [-0.05, 0) is 38.8 Å². The first-order chi connectivity index (χ1) is 14.4. The van der Waals surface area contributed by atoms with Gasteiger partial charge in [0.2, 0.25) is 17.7 Å². The summed E-state index contributed by atoms with van der Waals surface area (Å²) in [6.07, 6.45) is 1.42. The van der Waals surface area contributed by atoms with Crippen molar-refractivity contribution in [3.8, 4) is 0 Å². The minimum absolute atomic E-state index is 0.00365. The highest BCUT2D eigenvalue weighted by molar-refractivity contribution is 6.00. The highest BCUT2D eigenvalue weighted by atomic mass is 16.5. The largest absolute Gasteiger partial charge is 0.360 e. The summed E-state index contributed by atoms with van der Waals surface area (Å²) in [5, 5.41) is 6.55. The zero-order chi connectivity index (χ0) is 21.3. The molecule has 0 aliphatic carbocycles. The summed E-state index contributed by atoms with van der Waals surface area (Å²) in [6, 6.07) is 9.44. The zero-order valence-electron chi connectivity index (χ0n) is 17.3. The van der Waals surface area contributed by atoms with Crippen molar-refractivity contribution < 1.29 is 18.9 Å². The van der Waals surface area contributed by atoms with E-state index >= 15 is 0 Å². The summed E-state index contributed by atoms with van der Waals surface area (Å²) in [5.41, 5.74) is 1.96. The maximum atomic E-state index is 13.0. The molecule has 1 atom stereocenters. The van der Waals surface area contributed by atoms with E-state index < -0.39 is 0 Å². The van der Waals surface area contributed by atoms with Gasteiger partial charge >= 0.3 is 0 Å². The molecule has 2 aromatic rings. The average Bonchev–Trinajstić information content (AvgIpc) is 3.33. The van der Waals surface area contributed by atoms with Crippen LogP contribution in [0.3, 0.4) is 0 Å². The molecule has 8 heteroatoms. The molecule has 2 aliphatic rings. The highest BCUT2D eigenvalue weighted by Crippen LogP contribution is 2.28. The number of aromatic nitrogens is 1. The molecule has 0 saturated carbocycles. The summed E-state index contributed by atoms with van der Waals surface area (Å²) < 4.78 is 4.96. The molecule has 3 amide bonds. The van der Waals surface area contributed by atoms with Crippen LogP contribution < -0.4 is 10.2 Å². The van der Waals surface area contributed by atoms with Gasteiger partial charge in [-0.15, -0.1) is 0 Å². The normalized spacial score (nSPS) is 19.9. The number of nitrogens with one attached hydrogen (secondary N) is 1. The van der Waals surface area contributed by atoms with Crippen LogP contribution in [-0.2, 0) is 14.4 Å². The van der Waals surface area contributed by atoms with Crippen LogP contribution in [0.5, 0.6) is 0 Å². The smallest absolute Gasteiger partial charge is 0.228 e. The number of carbonyl (C=O) groups excluding carboxylic acids is 3. The van der Waals surface area contributed by atoms with Crippen molar-refractivity contribution in [3.05, 3.63) is 41.7 Å². The highest BCUT2D eigenvalue weighted by Gasteiger charge is 2.38. The van der Waals surface area contributed by atoms with E-state index in [0.29, 0.717) is 44.1 Å². The first-order valence-corrected chi connectivity index (χ1v) is 10.3. The van der Waals surface area contributed by atoms with Crippen LogP contribution in [0.15, 0.2) is 34.9 Å². The van der Waals surface area contributed by atoms with E-state index in [2.05, 4.69) is 10.5 Å². The van der Waals surface area contributed by atoms with Gasteiger partial charge in [-0.1, -0.05) is 22.9 Å². The van der Waals surface area contributed by atoms with Gasteiger partial charge in [-0.3, -0.25) is 14.4 Å². The van der Waals surface area contributed by atoms with Gasteiger partial charge in [0.25, 0.3) is 0 Å². The molecular weight excluding hydrogens is 384 g/mol. The fourth-order valence-electron chi connectivity index (χ4n) is 4.12. The summed E-state index contributed by atoms with van der Waals surface area (Å²) >= 11 is 0. The number of piperidine rings is 1. The molecule has 158 valence electrons. The van der Waals surface area contributed by atoms with Gasteiger partial charge in [-0.2, -0.15) is 0 Å². The Morgan fingerprint density at radius 2 is 1.80 bits per heavy atom. The van der Waals surface area contributed by atoms with Crippen LogP contribution in [0.1, 0.15) is 30.6 Å². The predicted octanol–water partition coefficient (Wildman–Crippen LogP) is 2.52. The molecule has 4 rings (SSSR count). The molecule has 1 N–H and O–H groups in total. The quantitative estimate of drug-likeness (QED) is 0.836. The van der Waals surface area contributed by atoms with Gasteiger partial charge < -0.3 is 19.6 Å². The van der Waals surface area contributed by atoms with Gasteiger partial charge in [0.1, 0.15) is 5.76 Å². The van der Waals surface area contributed by atoms with Crippen molar-refractivity contribution in [1.29, 1.82) is 0 Å².